The van der Waals surface area contributed by atoms with Gasteiger partial charge in [0.25, 0.3) is 0 Å². The number of piperazine rings is 1. The summed E-state index contributed by atoms with van der Waals surface area (Å²) in [5, 5.41) is 7.69. The minimum absolute atomic E-state index is 0.577. The van der Waals surface area contributed by atoms with E-state index in [0.29, 0.717) is 19.8 Å². The van der Waals surface area contributed by atoms with E-state index in [1.54, 1.807) is 0 Å². The van der Waals surface area contributed by atoms with E-state index in [1.807, 2.05) is 24.3 Å². The topological polar surface area (TPSA) is 63.0 Å². The maximum Gasteiger partial charge on any atom is 0.162 e. The van der Waals surface area contributed by atoms with E-state index >= 15 is 0 Å². The molecule has 1 N–H and O–H groups in total. The lowest BCUT2D eigenvalue weighted by Gasteiger charge is -2.36. The molecule has 7 heteroatoms. The van der Waals surface area contributed by atoms with Gasteiger partial charge < -0.3 is 24.2 Å². The number of para-hydroxylation sites is 1. The Balaban J connectivity index is 1.02. The van der Waals surface area contributed by atoms with Crippen LogP contribution < -0.4 is 19.7 Å². The molecule has 0 saturated carbocycles. The molecule has 0 radical (unpaired) electrons. The summed E-state index contributed by atoms with van der Waals surface area (Å²) in [7, 11) is 0. The number of hydrogen-bond donors (Lipinski definition) is 1. The highest BCUT2D eigenvalue weighted by Crippen LogP contribution is 2.34. The van der Waals surface area contributed by atoms with Crippen LogP contribution in [0.2, 0.25) is 0 Å². The minimum Gasteiger partial charge on any atom is -0.486 e. The quantitative estimate of drug-likeness (QED) is 0.545. The van der Waals surface area contributed by atoms with Crippen molar-refractivity contribution in [2.24, 2.45) is 0 Å². The molecule has 0 aliphatic carbocycles. The molecule has 2 aromatic carbocycles. The Labute approximate surface area is 188 Å². The van der Waals surface area contributed by atoms with Gasteiger partial charge in [-0.1, -0.05) is 23.4 Å². The van der Waals surface area contributed by atoms with E-state index in [2.05, 4.69) is 50.6 Å². The smallest absolute Gasteiger partial charge is 0.162 e. The first-order chi connectivity index (χ1) is 15.8. The highest BCUT2D eigenvalue weighted by atomic mass is 16.6. The van der Waals surface area contributed by atoms with Crippen LogP contribution in [0.25, 0.3) is 11.3 Å². The first kappa shape index (κ1) is 20.8. The molecule has 7 nitrogen and oxygen atoms in total. The highest BCUT2D eigenvalue weighted by Gasteiger charge is 2.17. The molecule has 0 amide bonds. The predicted octanol–water partition coefficient (Wildman–Crippen LogP) is 3.41. The fourth-order valence-electron chi connectivity index (χ4n) is 4.24. The summed E-state index contributed by atoms with van der Waals surface area (Å²) in [6.45, 7) is 8.36. The van der Waals surface area contributed by atoms with Crippen molar-refractivity contribution in [3.8, 4) is 22.8 Å². The van der Waals surface area contributed by atoms with Crippen molar-refractivity contribution in [3.05, 3.63) is 60.4 Å². The molecule has 2 aliphatic rings. The molecular weight excluding hydrogens is 404 g/mol. The summed E-state index contributed by atoms with van der Waals surface area (Å²) in [6, 6.07) is 18.6. The van der Waals surface area contributed by atoms with E-state index in [1.165, 1.54) is 5.69 Å². The zero-order valence-electron chi connectivity index (χ0n) is 18.3. The van der Waals surface area contributed by atoms with Crippen molar-refractivity contribution in [3.63, 3.8) is 0 Å². The van der Waals surface area contributed by atoms with Crippen LogP contribution in [-0.4, -0.2) is 62.5 Å². The first-order valence-electron chi connectivity index (χ1n) is 11.4. The van der Waals surface area contributed by atoms with Crippen LogP contribution in [0.5, 0.6) is 11.5 Å². The Bertz CT molecular complexity index is 999. The zero-order valence-corrected chi connectivity index (χ0v) is 18.3. The summed E-state index contributed by atoms with van der Waals surface area (Å²) in [4.78, 5) is 5.02. The molecule has 0 bridgehead atoms. The van der Waals surface area contributed by atoms with Gasteiger partial charge in [-0.05, 0) is 49.8 Å². The standard InChI is InChI=1S/C25H30N4O3/c1-2-5-21(6-3-1)29-13-11-28(12-14-29)10-4-9-26-19-22-18-23(27-32-22)20-7-8-24-25(17-20)31-16-15-30-24/h1-3,5-8,17-18,26H,4,9-16,19H2. The van der Waals surface area contributed by atoms with Crippen LogP contribution in [0, 0.1) is 0 Å². The Morgan fingerprint density at radius 2 is 1.69 bits per heavy atom. The van der Waals surface area contributed by atoms with Gasteiger partial charge in [-0.2, -0.15) is 0 Å². The largest absolute Gasteiger partial charge is 0.486 e. The summed E-state index contributed by atoms with van der Waals surface area (Å²) in [5.74, 6) is 2.39. The van der Waals surface area contributed by atoms with Crippen molar-refractivity contribution >= 4 is 5.69 Å². The van der Waals surface area contributed by atoms with Crippen molar-refractivity contribution in [2.75, 3.05) is 57.4 Å². The summed E-state index contributed by atoms with van der Waals surface area (Å²) < 4.78 is 16.8. The fourth-order valence-corrected chi connectivity index (χ4v) is 4.24. The molecule has 0 spiro atoms. The van der Waals surface area contributed by atoms with E-state index in [9.17, 15) is 0 Å². The Morgan fingerprint density at radius 1 is 0.875 bits per heavy atom. The Morgan fingerprint density at radius 3 is 2.53 bits per heavy atom. The molecule has 168 valence electrons. The van der Waals surface area contributed by atoms with Gasteiger partial charge in [0.2, 0.25) is 0 Å². The minimum atomic E-state index is 0.577. The summed E-state index contributed by atoms with van der Waals surface area (Å²) in [5.41, 5.74) is 3.12. The molecule has 32 heavy (non-hydrogen) atoms. The third-order valence-corrected chi connectivity index (χ3v) is 6.02. The number of anilines is 1. The lowest BCUT2D eigenvalue weighted by Crippen LogP contribution is -2.46. The molecule has 1 fully saturated rings. The second kappa shape index (κ2) is 10.1. The van der Waals surface area contributed by atoms with Crippen LogP contribution >= 0.6 is 0 Å². The Kier molecular flexibility index (Phi) is 6.55. The van der Waals surface area contributed by atoms with Gasteiger partial charge in [-0.25, -0.2) is 0 Å². The third-order valence-electron chi connectivity index (χ3n) is 6.02. The van der Waals surface area contributed by atoms with Crippen molar-refractivity contribution in [2.45, 2.75) is 13.0 Å². The Hall–Kier alpha value is -3.03. The first-order valence-corrected chi connectivity index (χ1v) is 11.4. The molecule has 3 aromatic rings. The average molecular weight is 435 g/mol. The predicted molar refractivity (Wildman–Crippen MR) is 124 cm³/mol. The van der Waals surface area contributed by atoms with E-state index in [-0.39, 0.29) is 0 Å². The number of aromatic nitrogens is 1. The average Bonchev–Trinajstić information content (AvgIpc) is 3.33. The van der Waals surface area contributed by atoms with Crippen LogP contribution in [-0.2, 0) is 6.54 Å². The molecule has 1 saturated heterocycles. The van der Waals surface area contributed by atoms with E-state index < -0.39 is 0 Å². The molecule has 1 aromatic heterocycles. The number of benzene rings is 2. The second-order valence-electron chi connectivity index (χ2n) is 8.23. The SMILES string of the molecule is c1ccc(N2CCN(CCCNCc3cc(-c4ccc5c(c4)OCCO5)no3)CC2)cc1. The summed E-state index contributed by atoms with van der Waals surface area (Å²) in [6.07, 6.45) is 1.12. The van der Waals surface area contributed by atoms with Crippen LogP contribution in [0.15, 0.2) is 59.1 Å². The van der Waals surface area contributed by atoms with Crippen LogP contribution in [0.1, 0.15) is 12.2 Å². The molecular formula is C25H30N4O3. The number of nitrogens with one attached hydrogen (secondary N) is 1. The van der Waals surface area contributed by atoms with Crippen molar-refractivity contribution in [1.29, 1.82) is 0 Å². The van der Waals surface area contributed by atoms with Gasteiger partial charge in [-0.15, -0.1) is 0 Å². The monoisotopic (exact) mass is 434 g/mol. The highest BCUT2D eigenvalue weighted by molar-refractivity contribution is 5.64. The number of hydrogen-bond acceptors (Lipinski definition) is 7. The normalized spacial score (nSPS) is 16.3. The van der Waals surface area contributed by atoms with Gasteiger partial charge >= 0.3 is 0 Å². The number of ether oxygens (including phenoxy) is 2. The van der Waals surface area contributed by atoms with Gasteiger partial charge in [0.15, 0.2) is 17.3 Å². The van der Waals surface area contributed by atoms with Crippen LogP contribution in [0.4, 0.5) is 5.69 Å². The maximum atomic E-state index is 5.66. The van der Waals surface area contributed by atoms with Crippen molar-refractivity contribution in [1.82, 2.24) is 15.4 Å². The second-order valence-corrected chi connectivity index (χ2v) is 8.23. The lowest BCUT2D eigenvalue weighted by molar-refractivity contribution is 0.171. The molecule has 3 heterocycles. The van der Waals surface area contributed by atoms with Gasteiger partial charge in [0, 0.05) is 43.5 Å². The van der Waals surface area contributed by atoms with Gasteiger partial charge in [0.05, 0.1) is 6.54 Å². The summed E-state index contributed by atoms with van der Waals surface area (Å²) >= 11 is 0. The van der Waals surface area contributed by atoms with E-state index in [0.717, 1.165) is 74.2 Å². The zero-order chi connectivity index (χ0) is 21.6. The number of rotatable bonds is 8. The van der Waals surface area contributed by atoms with Crippen LogP contribution in [0.3, 0.4) is 0 Å². The fraction of sp³-hybridized carbons (Fsp3) is 0.400. The maximum absolute atomic E-state index is 5.66. The third kappa shape index (κ3) is 5.06. The molecule has 5 rings (SSSR count). The van der Waals surface area contributed by atoms with E-state index in [4.69, 9.17) is 14.0 Å². The molecule has 2 aliphatic heterocycles. The van der Waals surface area contributed by atoms with Gasteiger partial charge in [-0.3, -0.25) is 4.90 Å². The molecule has 0 atom stereocenters. The lowest BCUT2D eigenvalue weighted by atomic mass is 10.1. The number of nitrogens with zero attached hydrogens (tertiary/aromatic N) is 3. The number of fused-ring (bicyclic) bond motifs is 1. The van der Waals surface area contributed by atoms with Crippen molar-refractivity contribution < 1.29 is 14.0 Å². The molecule has 0 unspecified atom stereocenters. The van der Waals surface area contributed by atoms with Gasteiger partial charge in [0.1, 0.15) is 18.9 Å².